The highest BCUT2D eigenvalue weighted by Crippen LogP contribution is 2.46. The summed E-state index contributed by atoms with van der Waals surface area (Å²) in [5.74, 6) is 0.947. The lowest BCUT2D eigenvalue weighted by molar-refractivity contribution is 0.0929. The Bertz CT molecular complexity index is 1490. The molecule has 2 aromatic carbocycles. The van der Waals surface area contributed by atoms with E-state index in [1.54, 1.807) is 17.2 Å². The summed E-state index contributed by atoms with van der Waals surface area (Å²) in [5.41, 5.74) is 2.54. The minimum absolute atomic E-state index is 0.205. The number of halogens is 1. The minimum Gasteiger partial charge on any atom is -0.457 e. The van der Waals surface area contributed by atoms with Gasteiger partial charge in [0.25, 0.3) is 5.91 Å². The number of rotatable bonds is 5. The normalized spacial score (nSPS) is 18.8. The van der Waals surface area contributed by atoms with Gasteiger partial charge in [-0.1, -0.05) is 18.2 Å². The Balaban J connectivity index is 1.35. The van der Waals surface area contributed by atoms with Crippen LogP contribution in [0.4, 0.5) is 26.2 Å². The fourth-order valence-electron chi connectivity index (χ4n) is 4.57. The van der Waals surface area contributed by atoms with Crippen molar-refractivity contribution in [1.82, 2.24) is 15.6 Å². The second kappa shape index (κ2) is 8.89. The monoisotopic (exact) mass is 503 g/mol. The Kier molecular flexibility index (Phi) is 5.54. The predicted molar refractivity (Wildman–Crippen MR) is 137 cm³/mol. The molecular formula is C26H22FN5O3S. The number of urea groups is 1. The van der Waals surface area contributed by atoms with Gasteiger partial charge in [0.15, 0.2) is 0 Å². The lowest BCUT2D eigenvalue weighted by atomic mass is 10.1. The molecule has 4 heterocycles. The lowest BCUT2D eigenvalue weighted by Crippen LogP contribution is -2.41. The lowest BCUT2D eigenvalue weighted by Gasteiger charge is -2.29. The van der Waals surface area contributed by atoms with Gasteiger partial charge in [-0.05, 0) is 48.9 Å². The molecule has 1 fully saturated rings. The van der Waals surface area contributed by atoms with Crippen LogP contribution in [0.15, 0.2) is 60.8 Å². The average molecular weight is 504 g/mol. The van der Waals surface area contributed by atoms with Crippen molar-refractivity contribution in [3.8, 4) is 11.5 Å². The fourth-order valence-corrected chi connectivity index (χ4v) is 5.60. The van der Waals surface area contributed by atoms with E-state index in [-0.39, 0.29) is 6.54 Å². The van der Waals surface area contributed by atoms with Crippen molar-refractivity contribution in [3.63, 3.8) is 0 Å². The maximum absolute atomic E-state index is 14.0. The first-order valence-electron chi connectivity index (χ1n) is 11.5. The minimum atomic E-state index is -1.16. The van der Waals surface area contributed by atoms with Gasteiger partial charge in [-0.2, -0.15) is 0 Å². The van der Waals surface area contributed by atoms with Crippen molar-refractivity contribution in [3.05, 3.63) is 71.2 Å². The van der Waals surface area contributed by atoms with Crippen molar-refractivity contribution in [2.24, 2.45) is 0 Å². The predicted octanol–water partition coefficient (Wildman–Crippen LogP) is 5.12. The Morgan fingerprint density at radius 2 is 1.97 bits per heavy atom. The molecule has 0 saturated carbocycles. The molecule has 2 aromatic heterocycles. The molecule has 0 unspecified atom stereocenters. The van der Waals surface area contributed by atoms with Crippen LogP contribution < -0.4 is 25.6 Å². The number of amides is 3. The fraction of sp³-hybridized carbons (Fsp3) is 0.192. The summed E-state index contributed by atoms with van der Waals surface area (Å²) in [5, 5.41) is 9.22. The zero-order valence-electron chi connectivity index (χ0n) is 19.2. The van der Waals surface area contributed by atoms with Gasteiger partial charge in [-0.15, -0.1) is 11.3 Å². The largest absolute Gasteiger partial charge is 0.457 e. The number of aromatic nitrogens is 1. The molecule has 3 N–H and O–H groups in total. The third kappa shape index (κ3) is 3.84. The molecule has 182 valence electrons. The van der Waals surface area contributed by atoms with Crippen molar-refractivity contribution in [1.29, 1.82) is 0 Å². The molecule has 0 radical (unpaired) electrons. The zero-order chi connectivity index (χ0) is 24.8. The van der Waals surface area contributed by atoms with Crippen LogP contribution in [-0.4, -0.2) is 42.2 Å². The van der Waals surface area contributed by atoms with Crippen molar-refractivity contribution in [2.75, 3.05) is 23.3 Å². The van der Waals surface area contributed by atoms with E-state index < -0.39 is 24.2 Å². The van der Waals surface area contributed by atoms with Gasteiger partial charge in [0.05, 0.1) is 28.5 Å². The molecule has 0 spiro atoms. The number of alkyl halides is 1. The van der Waals surface area contributed by atoms with E-state index in [0.717, 1.165) is 11.3 Å². The third-order valence-electron chi connectivity index (χ3n) is 6.30. The number of ether oxygens (including phenoxy) is 1. The molecule has 2 aliphatic heterocycles. The summed E-state index contributed by atoms with van der Waals surface area (Å²) in [7, 11) is 0. The van der Waals surface area contributed by atoms with Crippen molar-refractivity contribution in [2.45, 2.75) is 19.1 Å². The van der Waals surface area contributed by atoms with Crippen LogP contribution in [0.5, 0.6) is 11.5 Å². The topological polar surface area (TPSA) is 95.6 Å². The summed E-state index contributed by atoms with van der Waals surface area (Å²) in [4.78, 5) is 33.3. The van der Waals surface area contributed by atoms with Crippen LogP contribution in [0.3, 0.4) is 0 Å². The highest BCUT2D eigenvalue weighted by Gasteiger charge is 2.35. The van der Waals surface area contributed by atoms with Gasteiger partial charge in [-0.25, -0.2) is 14.2 Å². The number of pyridine rings is 1. The molecule has 8 nitrogen and oxygen atoms in total. The quantitative estimate of drug-likeness (QED) is 0.351. The second-order valence-electron chi connectivity index (χ2n) is 8.70. The third-order valence-corrected chi connectivity index (χ3v) is 7.39. The molecule has 0 bridgehead atoms. The summed E-state index contributed by atoms with van der Waals surface area (Å²) < 4.78 is 20.0. The van der Waals surface area contributed by atoms with Crippen LogP contribution in [-0.2, 0) is 0 Å². The van der Waals surface area contributed by atoms with E-state index >= 15 is 0 Å². The van der Waals surface area contributed by atoms with E-state index in [2.05, 4.69) is 20.9 Å². The van der Waals surface area contributed by atoms with Gasteiger partial charge in [0, 0.05) is 19.3 Å². The molecule has 6 rings (SSSR count). The molecule has 36 heavy (non-hydrogen) atoms. The van der Waals surface area contributed by atoms with Gasteiger partial charge in [0.2, 0.25) is 0 Å². The van der Waals surface area contributed by atoms with Crippen LogP contribution in [0.1, 0.15) is 15.2 Å². The molecule has 1 saturated heterocycles. The Morgan fingerprint density at radius 3 is 2.72 bits per heavy atom. The summed E-state index contributed by atoms with van der Waals surface area (Å²) in [6.45, 7) is 2.47. The SMILES string of the molecule is Cc1cc(Oc2ccccc2)ccc1N1C(=O)Nc2c(C(=O)N[C@H]3CNC[C@H]3F)sc3nccc1c23. The van der Waals surface area contributed by atoms with Gasteiger partial charge in [0.1, 0.15) is 27.4 Å². The molecule has 4 aromatic rings. The summed E-state index contributed by atoms with van der Waals surface area (Å²) in [6.07, 6.45) is 0.460. The van der Waals surface area contributed by atoms with Crippen molar-refractivity contribution >= 4 is 50.6 Å². The van der Waals surface area contributed by atoms with E-state index in [0.29, 0.717) is 44.5 Å². The van der Waals surface area contributed by atoms with E-state index in [4.69, 9.17) is 4.74 Å². The van der Waals surface area contributed by atoms with E-state index in [9.17, 15) is 14.0 Å². The maximum Gasteiger partial charge on any atom is 0.331 e. The van der Waals surface area contributed by atoms with Crippen LogP contribution in [0.25, 0.3) is 10.2 Å². The second-order valence-corrected chi connectivity index (χ2v) is 9.70. The highest BCUT2D eigenvalue weighted by atomic mass is 32.1. The molecule has 0 aliphatic carbocycles. The van der Waals surface area contributed by atoms with Crippen LogP contribution >= 0.6 is 11.3 Å². The Morgan fingerprint density at radius 1 is 1.14 bits per heavy atom. The van der Waals surface area contributed by atoms with Gasteiger partial charge >= 0.3 is 6.03 Å². The first-order valence-corrected chi connectivity index (χ1v) is 12.3. The smallest absolute Gasteiger partial charge is 0.331 e. The number of para-hydroxylation sites is 1. The first kappa shape index (κ1) is 22.4. The number of nitrogens with zero attached hydrogens (tertiary/aromatic N) is 2. The molecule has 10 heteroatoms. The van der Waals surface area contributed by atoms with E-state index in [1.165, 1.54) is 11.3 Å². The number of nitrogens with one attached hydrogen (secondary N) is 3. The van der Waals surface area contributed by atoms with E-state index in [1.807, 2.05) is 55.5 Å². The Labute approximate surface area is 210 Å². The number of thiophene rings is 1. The van der Waals surface area contributed by atoms with Gasteiger partial charge in [-0.3, -0.25) is 9.69 Å². The number of hydrogen-bond donors (Lipinski definition) is 3. The average Bonchev–Trinajstić information content (AvgIpc) is 3.45. The molecule has 2 atom stereocenters. The van der Waals surface area contributed by atoms with Gasteiger partial charge < -0.3 is 20.7 Å². The number of carbonyl (C=O) groups excluding carboxylic acids is 2. The van der Waals surface area contributed by atoms with Crippen LogP contribution in [0.2, 0.25) is 0 Å². The Hall–Kier alpha value is -4.02. The summed E-state index contributed by atoms with van der Waals surface area (Å²) in [6, 6.07) is 15.7. The van der Waals surface area contributed by atoms with Crippen LogP contribution in [0, 0.1) is 6.92 Å². The molecular weight excluding hydrogens is 481 g/mol. The molecule has 3 amide bonds. The van der Waals surface area contributed by atoms with Crippen molar-refractivity contribution < 1.29 is 18.7 Å². The highest BCUT2D eigenvalue weighted by molar-refractivity contribution is 7.21. The molecule has 2 aliphatic rings. The maximum atomic E-state index is 14.0. The number of carbonyl (C=O) groups is 2. The number of aryl methyl sites for hydroxylation is 1. The zero-order valence-corrected chi connectivity index (χ0v) is 20.1. The first-order chi connectivity index (χ1) is 17.5. The number of anilines is 3. The number of hydrogen-bond acceptors (Lipinski definition) is 6. The standard InChI is InChI=1S/C26H22FN5O3S/c1-14-11-16(35-15-5-3-2-4-6-15)7-8-19(14)32-20-9-10-29-25-21(20)22(31-26(32)34)23(36-25)24(33)30-18-13-28-12-17(18)27/h2-11,17-18,28H,12-13H2,1H3,(H,30,33)(H,31,34)/t17-,18+/m1/s1. The summed E-state index contributed by atoms with van der Waals surface area (Å²) >= 11 is 1.18. The number of benzene rings is 2.